The SMILES string of the molecule is c1ccc2sc(-c3c(Nc4nc5cc6c(cc5s4)OCO6)sc4c3CCCC4)nc2c1. The van der Waals surface area contributed by atoms with Crippen LogP contribution in [-0.2, 0) is 12.8 Å². The maximum Gasteiger partial charge on any atom is 0.231 e. The van der Waals surface area contributed by atoms with Crippen molar-refractivity contribution in [2.24, 2.45) is 0 Å². The van der Waals surface area contributed by atoms with Gasteiger partial charge in [0.1, 0.15) is 10.0 Å². The molecule has 0 saturated heterocycles. The first-order valence-electron chi connectivity index (χ1n) is 10.3. The number of thiophene rings is 1. The predicted molar refractivity (Wildman–Crippen MR) is 129 cm³/mol. The van der Waals surface area contributed by atoms with Gasteiger partial charge in [-0.1, -0.05) is 23.5 Å². The summed E-state index contributed by atoms with van der Waals surface area (Å²) in [5.41, 5.74) is 4.74. The van der Waals surface area contributed by atoms with E-state index in [1.54, 1.807) is 22.7 Å². The number of anilines is 2. The summed E-state index contributed by atoms with van der Waals surface area (Å²) in [5.74, 6) is 1.57. The third-order valence-electron chi connectivity index (χ3n) is 5.78. The molecule has 8 heteroatoms. The lowest BCUT2D eigenvalue weighted by molar-refractivity contribution is 0.174. The largest absolute Gasteiger partial charge is 0.454 e. The minimum atomic E-state index is 0.282. The Hall–Kier alpha value is -2.68. The highest BCUT2D eigenvalue weighted by Crippen LogP contribution is 2.48. The van der Waals surface area contributed by atoms with Gasteiger partial charge in [-0.25, -0.2) is 9.97 Å². The number of para-hydroxylation sites is 1. The summed E-state index contributed by atoms with van der Waals surface area (Å²) >= 11 is 5.29. The molecule has 4 heterocycles. The standard InChI is InChI=1S/C23H17N3O2S3/c1-3-7-17-12(5-1)20(21-24-13-6-2-4-8-18(13)30-21)22(29-17)26-23-25-14-9-15-16(28-11-27-15)10-19(14)31-23/h2,4,6,8-10H,1,3,5,7,11H2,(H,25,26). The van der Waals surface area contributed by atoms with Crippen LogP contribution in [0.2, 0.25) is 0 Å². The van der Waals surface area contributed by atoms with Gasteiger partial charge in [0.25, 0.3) is 0 Å². The Labute approximate surface area is 190 Å². The molecular weight excluding hydrogens is 446 g/mol. The summed E-state index contributed by atoms with van der Waals surface area (Å²) in [6, 6.07) is 12.4. The summed E-state index contributed by atoms with van der Waals surface area (Å²) < 4.78 is 13.4. The van der Waals surface area contributed by atoms with Crippen LogP contribution in [0.1, 0.15) is 23.3 Å². The fraction of sp³-hybridized carbons (Fsp3) is 0.217. The Morgan fingerprint density at radius 1 is 0.839 bits per heavy atom. The molecule has 3 aromatic heterocycles. The molecule has 7 rings (SSSR count). The second kappa shape index (κ2) is 6.91. The Morgan fingerprint density at radius 2 is 1.71 bits per heavy atom. The molecule has 1 aliphatic carbocycles. The first-order valence-corrected chi connectivity index (χ1v) is 12.7. The van der Waals surface area contributed by atoms with Crippen LogP contribution >= 0.6 is 34.0 Å². The number of aromatic nitrogens is 2. The molecule has 0 fully saturated rings. The highest BCUT2D eigenvalue weighted by molar-refractivity contribution is 7.24. The summed E-state index contributed by atoms with van der Waals surface area (Å²) in [7, 11) is 0. The number of fused-ring (bicyclic) bond motifs is 4. The molecule has 0 saturated carbocycles. The highest BCUT2D eigenvalue weighted by atomic mass is 32.1. The lowest BCUT2D eigenvalue weighted by atomic mass is 9.96. The molecule has 0 spiro atoms. The minimum absolute atomic E-state index is 0.282. The Bertz CT molecular complexity index is 1390. The van der Waals surface area contributed by atoms with Crippen LogP contribution in [0, 0.1) is 0 Å². The number of benzene rings is 2. The van der Waals surface area contributed by atoms with Gasteiger partial charge in [-0.2, -0.15) is 0 Å². The van der Waals surface area contributed by atoms with Gasteiger partial charge < -0.3 is 14.8 Å². The zero-order valence-electron chi connectivity index (χ0n) is 16.4. The van der Waals surface area contributed by atoms with Crippen LogP contribution in [0.4, 0.5) is 10.1 Å². The molecule has 0 unspecified atom stereocenters. The number of nitrogens with one attached hydrogen (secondary N) is 1. The number of hydrogen-bond acceptors (Lipinski definition) is 8. The number of ether oxygens (including phenoxy) is 2. The summed E-state index contributed by atoms with van der Waals surface area (Å²) in [5, 5.41) is 6.80. The van der Waals surface area contributed by atoms with Crippen LogP contribution in [0.3, 0.4) is 0 Å². The second-order valence-electron chi connectivity index (χ2n) is 7.72. The van der Waals surface area contributed by atoms with E-state index in [1.165, 1.54) is 33.5 Å². The molecule has 1 N–H and O–H groups in total. The Balaban J connectivity index is 1.34. The smallest absolute Gasteiger partial charge is 0.231 e. The van der Waals surface area contributed by atoms with Crippen molar-refractivity contribution in [1.29, 1.82) is 0 Å². The molecule has 0 radical (unpaired) electrons. The molecular formula is C23H17N3O2S3. The molecule has 5 nitrogen and oxygen atoms in total. The third kappa shape index (κ3) is 2.93. The zero-order valence-corrected chi connectivity index (χ0v) is 18.9. The van der Waals surface area contributed by atoms with Crippen molar-refractivity contribution in [2.45, 2.75) is 25.7 Å². The normalized spacial score (nSPS) is 15.0. The highest BCUT2D eigenvalue weighted by Gasteiger charge is 2.25. The fourth-order valence-electron chi connectivity index (χ4n) is 4.33. The molecule has 0 bridgehead atoms. The van der Waals surface area contributed by atoms with Gasteiger partial charge in [0.2, 0.25) is 6.79 Å². The molecule has 31 heavy (non-hydrogen) atoms. The van der Waals surface area contributed by atoms with E-state index in [4.69, 9.17) is 19.4 Å². The van der Waals surface area contributed by atoms with Crippen molar-refractivity contribution < 1.29 is 9.47 Å². The Kier molecular flexibility index (Phi) is 4.00. The van der Waals surface area contributed by atoms with Gasteiger partial charge in [0.15, 0.2) is 16.6 Å². The first kappa shape index (κ1) is 17.9. The number of rotatable bonds is 3. The van der Waals surface area contributed by atoms with E-state index >= 15 is 0 Å². The monoisotopic (exact) mass is 463 g/mol. The van der Waals surface area contributed by atoms with E-state index in [0.717, 1.165) is 55.2 Å². The van der Waals surface area contributed by atoms with Crippen molar-refractivity contribution in [3.63, 3.8) is 0 Å². The molecule has 5 aromatic rings. The number of aryl methyl sites for hydroxylation is 1. The van der Waals surface area contributed by atoms with E-state index in [2.05, 4.69) is 29.6 Å². The zero-order chi connectivity index (χ0) is 20.4. The van der Waals surface area contributed by atoms with Gasteiger partial charge in [-0.15, -0.1) is 22.7 Å². The molecule has 0 atom stereocenters. The number of thiazole rings is 2. The van der Waals surface area contributed by atoms with E-state index in [1.807, 2.05) is 23.5 Å². The van der Waals surface area contributed by atoms with Crippen LogP contribution in [0.25, 0.3) is 31.0 Å². The summed E-state index contributed by atoms with van der Waals surface area (Å²) in [6.45, 7) is 0.282. The lowest BCUT2D eigenvalue weighted by Crippen LogP contribution is -1.99. The molecule has 2 aliphatic rings. The quantitative estimate of drug-likeness (QED) is 0.313. The first-order chi connectivity index (χ1) is 15.3. The number of nitrogens with zero attached hydrogens (tertiary/aromatic N) is 2. The van der Waals surface area contributed by atoms with Crippen LogP contribution < -0.4 is 14.8 Å². The van der Waals surface area contributed by atoms with Gasteiger partial charge in [-0.3, -0.25) is 0 Å². The summed E-state index contributed by atoms with van der Waals surface area (Å²) in [4.78, 5) is 11.3. The van der Waals surface area contributed by atoms with Gasteiger partial charge in [0.05, 0.1) is 20.4 Å². The van der Waals surface area contributed by atoms with Gasteiger partial charge in [0, 0.05) is 22.6 Å². The van der Waals surface area contributed by atoms with Crippen molar-refractivity contribution in [3.05, 3.63) is 46.8 Å². The fourth-order valence-corrected chi connectivity index (χ4v) is 7.67. The van der Waals surface area contributed by atoms with E-state index in [0.29, 0.717) is 0 Å². The van der Waals surface area contributed by atoms with Crippen molar-refractivity contribution in [2.75, 3.05) is 12.1 Å². The maximum atomic E-state index is 5.53. The molecule has 0 amide bonds. The molecule has 154 valence electrons. The van der Waals surface area contributed by atoms with Crippen LogP contribution in [0.5, 0.6) is 11.5 Å². The van der Waals surface area contributed by atoms with Crippen LogP contribution in [-0.4, -0.2) is 16.8 Å². The third-order valence-corrected chi connectivity index (χ3v) is 8.98. The predicted octanol–water partition coefficient (Wildman–Crippen LogP) is 6.99. The average Bonchev–Trinajstić information content (AvgIpc) is 3.54. The van der Waals surface area contributed by atoms with E-state index in [9.17, 15) is 0 Å². The minimum Gasteiger partial charge on any atom is -0.454 e. The van der Waals surface area contributed by atoms with Crippen molar-refractivity contribution in [3.8, 4) is 22.1 Å². The van der Waals surface area contributed by atoms with E-state index < -0.39 is 0 Å². The Morgan fingerprint density at radius 3 is 2.65 bits per heavy atom. The van der Waals surface area contributed by atoms with E-state index in [-0.39, 0.29) is 6.79 Å². The second-order valence-corrected chi connectivity index (χ2v) is 10.9. The topological polar surface area (TPSA) is 56.3 Å². The van der Waals surface area contributed by atoms with Gasteiger partial charge >= 0.3 is 0 Å². The maximum absolute atomic E-state index is 5.53. The van der Waals surface area contributed by atoms with Gasteiger partial charge in [-0.05, 0) is 43.4 Å². The summed E-state index contributed by atoms with van der Waals surface area (Å²) in [6.07, 6.45) is 4.79. The average molecular weight is 464 g/mol. The lowest BCUT2D eigenvalue weighted by Gasteiger charge is -2.11. The number of hydrogen-bond donors (Lipinski definition) is 1. The molecule has 1 aliphatic heterocycles. The van der Waals surface area contributed by atoms with Crippen molar-refractivity contribution >= 4 is 64.6 Å². The van der Waals surface area contributed by atoms with Crippen molar-refractivity contribution in [1.82, 2.24) is 9.97 Å². The molecule has 2 aromatic carbocycles. The van der Waals surface area contributed by atoms with Crippen LogP contribution in [0.15, 0.2) is 36.4 Å².